The third-order valence-electron chi connectivity index (χ3n) is 2.38. The van der Waals surface area contributed by atoms with Crippen LogP contribution in [0.25, 0.3) is 0 Å². The van der Waals surface area contributed by atoms with Crippen LogP contribution in [0.2, 0.25) is 0 Å². The Morgan fingerprint density at radius 3 is 2.14 bits per heavy atom. The summed E-state index contributed by atoms with van der Waals surface area (Å²) in [5, 5.41) is 9.83. The van der Waals surface area contributed by atoms with Crippen LogP contribution < -0.4 is 0 Å². The minimum absolute atomic E-state index is 0.0979. The molecule has 0 radical (unpaired) electrons. The topological polar surface area (TPSA) is 29.5 Å². The third kappa shape index (κ3) is 6.39. The van der Waals surface area contributed by atoms with Crippen LogP contribution in [0.3, 0.4) is 0 Å². The van der Waals surface area contributed by atoms with Crippen LogP contribution in [0.15, 0.2) is 0 Å². The Morgan fingerprint density at radius 1 is 1.21 bits per heavy atom. The lowest BCUT2D eigenvalue weighted by molar-refractivity contribution is -0.0500. The first-order chi connectivity index (χ1) is 6.40. The number of aliphatic hydroxyl groups is 1. The highest BCUT2D eigenvalue weighted by Crippen LogP contribution is 2.17. The van der Waals surface area contributed by atoms with Gasteiger partial charge in [0.2, 0.25) is 0 Å². The van der Waals surface area contributed by atoms with Gasteiger partial charge in [0.05, 0.1) is 18.3 Å². The fourth-order valence-corrected chi connectivity index (χ4v) is 1.39. The second-order valence-corrected chi connectivity index (χ2v) is 4.95. The molecule has 0 spiro atoms. The molecule has 0 fully saturated rings. The molecule has 0 aliphatic heterocycles. The first kappa shape index (κ1) is 13.9. The van der Waals surface area contributed by atoms with Gasteiger partial charge in [-0.1, -0.05) is 20.3 Å². The zero-order valence-corrected chi connectivity index (χ0v) is 10.3. The van der Waals surface area contributed by atoms with E-state index in [4.69, 9.17) is 4.74 Å². The summed E-state index contributed by atoms with van der Waals surface area (Å²) in [5.74, 6) is 0.286. The molecule has 0 aliphatic carbocycles. The molecule has 0 rings (SSSR count). The lowest BCUT2D eigenvalue weighted by Crippen LogP contribution is -2.29. The molecule has 2 heteroatoms. The summed E-state index contributed by atoms with van der Waals surface area (Å²) in [6.45, 7) is 11.0. The number of aliphatic hydroxyl groups excluding tert-OH is 1. The van der Waals surface area contributed by atoms with Crippen molar-refractivity contribution in [2.24, 2.45) is 5.92 Å². The fourth-order valence-electron chi connectivity index (χ4n) is 1.39. The normalized spacial score (nSPS) is 16.7. The van der Waals surface area contributed by atoms with Crippen molar-refractivity contribution in [1.29, 1.82) is 0 Å². The monoisotopic (exact) mass is 202 g/mol. The van der Waals surface area contributed by atoms with Crippen molar-refractivity contribution in [1.82, 2.24) is 0 Å². The molecule has 2 unspecified atom stereocenters. The minimum atomic E-state index is -0.202. The van der Waals surface area contributed by atoms with Crippen molar-refractivity contribution in [3.05, 3.63) is 0 Å². The van der Waals surface area contributed by atoms with Crippen LogP contribution in [0.5, 0.6) is 0 Å². The molecule has 2 nitrogen and oxygen atoms in total. The lowest BCUT2D eigenvalue weighted by atomic mass is 9.96. The van der Waals surface area contributed by atoms with Gasteiger partial charge in [-0.15, -0.1) is 0 Å². The second-order valence-electron chi connectivity index (χ2n) is 4.95. The van der Waals surface area contributed by atoms with E-state index in [0.717, 1.165) is 19.3 Å². The SMILES string of the molecule is CCCC(O)C(CC)COC(C)(C)C. The first-order valence-electron chi connectivity index (χ1n) is 5.72. The summed E-state index contributed by atoms with van der Waals surface area (Å²) in [4.78, 5) is 0. The molecular formula is C12H26O2. The lowest BCUT2D eigenvalue weighted by Gasteiger charge is -2.26. The van der Waals surface area contributed by atoms with Gasteiger partial charge in [0.25, 0.3) is 0 Å². The van der Waals surface area contributed by atoms with Crippen LogP contribution in [-0.2, 0) is 4.74 Å². The van der Waals surface area contributed by atoms with Crippen LogP contribution >= 0.6 is 0 Å². The van der Waals surface area contributed by atoms with E-state index < -0.39 is 0 Å². The van der Waals surface area contributed by atoms with Gasteiger partial charge in [-0.2, -0.15) is 0 Å². The van der Waals surface area contributed by atoms with E-state index in [0.29, 0.717) is 6.61 Å². The predicted molar refractivity (Wildman–Crippen MR) is 60.4 cm³/mol. The molecule has 0 aromatic heterocycles. The van der Waals surface area contributed by atoms with E-state index in [9.17, 15) is 5.11 Å². The van der Waals surface area contributed by atoms with Crippen molar-refractivity contribution in [3.63, 3.8) is 0 Å². The van der Waals surface area contributed by atoms with Crippen molar-refractivity contribution < 1.29 is 9.84 Å². The maximum Gasteiger partial charge on any atom is 0.0598 e. The van der Waals surface area contributed by atoms with Crippen LogP contribution in [0.4, 0.5) is 0 Å². The summed E-state index contributed by atoms with van der Waals surface area (Å²) in [6, 6.07) is 0. The van der Waals surface area contributed by atoms with Gasteiger partial charge >= 0.3 is 0 Å². The molecule has 14 heavy (non-hydrogen) atoms. The molecule has 0 amide bonds. The average Bonchev–Trinajstić information content (AvgIpc) is 2.03. The summed E-state index contributed by atoms with van der Waals surface area (Å²) >= 11 is 0. The highest BCUT2D eigenvalue weighted by atomic mass is 16.5. The largest absolute Gasteiger partial charge is 0.393 e. The van der Waals surface area contributed by atoms with E-state index in [-0.39, 0.29) is 17.6 Å². The molecule has 0 bridgehead atoms. The Labute approximate surface area is 88.7 Å². The van der Waals surface area contributed by atoms with E-state index in [1.165, 1.54) is 0 Å². The van der Waals surface area contributed by atoms with E-state index >= 15 is 0 Å². The Hall–Kier alpha value is -0.0800. The zero-order valence-electron chi connectivity index (χ0n) is 10.3. The molecule has 86 valence electrons. The van der Waals surface area contributed by atoms with Gasteiger partial charge in [-0.3, -0.25) is 0 Å². The molecule has 1 N–H and O–H groups in total. The third-order valence-corrected chi connectivity index (χ3v) is 2.38. The molecular weight excluding hydrogens is 176 g/mol. The van der Waals surface area contributed by atoms with Crippen molar-refractivity contribution in [2.45, 2.75) is 65.6 Å². The number of rotatable bonds is 6. The molecule has 0 aliphatic rings. The second kappa shape index (κ2) is 6.41. The van der Waals surface area contributed by atoms with Crippen molar-refractivity contribution in [2.75, 3.05) is 6.61 Å². The van der Waals surface area contributed by atoms with Crippen molar-refractivity contribution >= 4 is 0 Å². The zero-order chi connectivity index (χ0) is 11.2. The molecule has 2 atom stereocenters. The average molecular weight is 202 g/mol. The maximum atomic E-state index is 9.83. The smallest absolute Gasteiger partial charge is 0.0598 e. The minimum Gasteiger partial charge on any atom is -0.393 e. The summed E-state index contributed by atoms with van der Waals surface area (Å²) < 4.78 is 5.69. The fraction of sp³-hybridized carbons (Fsp3) is 1.00. The number of hydrogen-bond donors (Lipinski definition) is 1. The van der Waals surface area contributed by atoms with Gasteiger partial charge in [0, 0.05) is 5.92 Å². The molecule has 0 aromatic rings. The summed E-state index contributed by atoms with van der Waals surface area (Å²) in [5.41, 5.74) is -0.0979. The van der Waals surface area contributed by atoms with Gasteiger partial charge in [0.15, 0.2) is 0 Å². The van der Waals surface area contributed by atoms with E-state index in [1.807, 2.05) is 20.8 Å². The predicted octanol–water partition coefficient (Wildman–Crippen LogP) is 2.99. The molecule has 0 aromatic carbocycles. The Morgan fingerprint density at radius 2 is 1.79 bits per heavy atom. The molecule has 0 saturated heterocycles. The van der Waals surface area contributed by atoms with Crippen molar-refractivity contribution in [3.8, 4) is 0 Å². The standard InChI is InChI=1S/C12H26O2/c1-6-8-11(13)10(7-2)9-14-12(3,4)5/h10-11,13H,6-9H2,1-5H3. The Bertz CT molecular complexity index is 138. The highest BCUT2D eigenvalue weighted by molar-refractivity contribution is 4.69. The quantitative estimate of drug-likeness (QED) is 0.717. The van der Waals surface area contributed by atoms with Crippen LogP contribution in [0.1, 0.15) is 53.9 Å². The van der Waals surface area contributed by atoms with Crippen LogP contribution in [-0.4, -0.2) is 23.4 Å². The van der Waals surface area contributed by atoms with Gasteiger partial charge < -0.3 is 9.84 Å². The van der Waals surface area contributed by atoms with E-state index in [2.05, 4.69) is 13.8 Å². The summed E-state index contributed by atoms with van der Waals surface area (Å²) in [6.07, 6.45) is 2.70. The first-order valence-corrected chi connectivity index (χ1v) is 5.72. The molecule has 0 saturated carbocycles. The number of hydrogen-bond acceptors (Lipinski definition) is 2. The Kier molecular flexibility index (Phi) is 6.38. The van der Waals surface area contributed by atoms with Gasteiger partial charge in [-0.25, -0.2) is 0 Å². The highest BCUT2D eigenvalue weighted by Gasteiger charge is 2.19. The van der Waals surface area contributed by atoms with Crippen LogP contribution in [0, 0.1) is 5.92 Å². The van der Waals surface area contributed by atoms with E-state index in [1.54, 1.807) is 0 Å². The van der Waals surface area contributed by atoms with Gasteiger partial charge in [0.1, 0.15) is 0 Å². The number of ether oxygens (including phenoxy) is 1. The summed E-state index contributed by atoms with van der Waals surface area (Å²) in [7, 11) is 0. The Balaban J connectivity index is 3.90. The maximum absolute atomic E-state index is 9.83. The molecule has 0 heterocycles. The van der Waals surface area contributed by atoms with Gasteiger partial charge in [-0.05, 0) is 33.6 Å².